The number of carbonyl (C=O) groups excluding carboxylic acids is 2. The van der Waals surface area contributed by atoms with Gasteiger partial charge in [-0.05, 0) is 32.0 Å². The summed E-state index contributed by atoms with van der Waals surface area (Å²) in [6.07, 6.45) is 0.188. The second-order valence-electron chi connectivity index (χ2n) is 5.76. The number of aromatic nitrogens is 3. The first-order valence-corrected chi connectivity index (χ1v) is 8.00. The normalized spacial score (nSPS) is 10.6. The van der Waals surface area contributed by atoms with Gasteiger partial charge in [0.1, 0.15) is 5.69 Å². The van der Waals surface area contributed by atoms with E-state index in [4.69, 9.17) is 0 Å². The van der Waals surface area contributed by atoms with E-state index in [9.17, 15) is 9.59 Å². The first-order valence-electron chi connectivity index (χ1n) is 8.00. The molecule has 2 aromatic heterocycles. The molecular formula is C18H19N5O2. The second-order valence-corrected chi connectivity index (χ2v) is 5.76. The predicted molar refractivity (Wildman–Crippen MR) is 94.5 cm³/mol. The molecule has 1 aromatic carbocycles. The summed E-state index contributed by atoms with van der Waals surface area (Å²) < 4.78 is 1.69. The largest absolute Gasteiger partial charge is 0.350 e. The van der Waals surface area contributed by atoms with E-state index in [1.165, 1.54) is 0 Å². The van der Waals surface area contributed by atoms with E-state index < -0.39 is 0 Å². The lowest BCUT2D eigenvalue weighted by atomic mass is 10.3. The first-order chi connectivity index (χ1) is 12.0. The molecule has 3 rings (SSSR count). The van der Waals surface area contributed by atoms with Crippen molar-refractivity contribution >= 4 is 23.1 Å². The molecule has 0 saturated carbocycles. The number of amides is 2. The van der Waals surface area contributed by atoms with Gasteiger partial charge in [0.2, 0.25) is 5.91 Å². The molecule has 0 saturated heterocycles. The molecule has 2 amide bonds. The Balaban J connectivity index is 1.56. The number of fused-ring (bicyclic) bond motifs is 1. The van der Waals surface area contributed by atoms with E-state index >= 15 is 0 Å². The van der Waals surface area contributed by atoms with Crippen LogP contribution < -0.4 is 10.6 Å². The van der Waals surface area contributed by atoms with E-state index in [1.54, 1.807) is 10.6 Å². The van der Waals surface area contributed by atoms with Gasteiger partial charge < -0.3 is 10.6 Å². The molecule has 0 aliphatic heterocycles. The number of hydrogen-bond acceptors (Lipinski definition) is 4. The van der Waals surface area contributed by atoms with Crippen LogP contribution in [0.15, 0.2) is 42.5 Å². The number of para-hydroxylation sites is 1. The van der Waals surface area contributed by atoms with Crippen molar-refractivity contribution in [3.8, 4) is 0 Å². The fourth-order valence-corrected chi connectivity index (χ4v) is 2.48. The van der Waals surface area contributed by atoms with Gasteiger partial charge in [0.05, 0.1) is 5.69 Å². The summed E-state index contributed by atoms with van der Waals surface area (Å²) in [4.78, 5) is 28.4. The highest BCUT2D eigenvalue weighted by Crippen LogP contribution is 2.09. The van der Waals surface area contributed by atoms with Crippen molar-refractivity contribution in [2.45, 2.75) is 20.3 Å². The Kier molecular flexibility index (Phi) is 4.74. The van der Waals surface area contributed by atoms with E-state index in [1.807, 2.05) is 50.2 Å². The van der Waals surface area contributed by atoms with Crippen LogP contribution in [0.1, 0.15) is 28.3 Å². The van der Waals surface area contributed by atoms with Crippen LogP contribution in [0, 0.1) is 13.8 Å². The van der Waals surface area contributed by atoms with Crippen molar-refractivity contribution in [2.24, 2.45) is 0 Å². The zero-order chi connectivity index (χ0) is 17.8. The molecule has 0 fully saturated rings. The van der Waals surface area contributed by atoms with Gasteiger partial charge in [-0.15, -0.1) is 0 Å². The average molecular weight is 337 g/mol. The van der Waals surface area contributed by atoms with Gasteiger partial charge in [-0.1, -0.05) is 18.2 Å². The monoisotopic (exact) mass is 337 g/mol. The van der Waals surface area contributed by atoms with Gasteiger partial charge >= 0.3 is 0 Å². The predicted octanol–water partition coefficient (Wildman–Crippen LogP) is 2.10. The highest BCUT2D eigenvalue weighted by Gasteiger charge is 2.12. The van der Waals surface area contributed by atoms with E-state index in [0.29, 0.717) is 11.3 Å². The fourth-order valence-electron chi connectivity index (χ4n) is 2.48. The topological polar surface area (TPSA) is 88.4 Å². The minimum Gasteiger partial charge on any atom is -0.350 e. The quantitative estimate of drug-likeness (QED) is 0.746. The zero-order valence-electron chi connectivity index (χ0n) is 14.1. The summed E-state index contributed by atoms with van der Waals surface area (Å²) in [6, 6.07) is 12.7. The van der Waals surface area contributed by atoms with Gasteiger partial charge in [0.25, 0.3) is 5.91 Å². The van der Waals surface area contributed by atoms with Crippen LogP contribution in [0.2, 0.25) is 0 Å². The third-order valence-corrected chi connectivity index (χ3v) is 3.66. The summed E-state index contributed by atoms with van der Waals surface area (Å²) in [6.45, 7) is 3.98. The number of anilines is 1. The molecule has 0 spiro atoms. The van der Waals surface area contributed by atoms with Gasteiger partial charge in [0.15, 0.2) is 5.65 Å². The molecule has 0 aliphatic rings. The van der Waals surface area contributed by atoms with Crippen molar-refractivity contribution in [3.63, 3.8) is 0 Å². The number of benzene rings is 1. The molecule has 2 N–H and O–H groups in total. The van der Waals surface area contributed by atoms with Crippen LogP contribution in [0.4, 0.5) is 5.69 Å². The molecule has 0 aliphatic carbocycles. The number of carbonyl (C=O) groups is 2. The summed E-state index contributed by atoms with van der Waals surface area (Å²) in [5.41, 5.74) is 3.34. The molecule has 0 atom stereocenters. The Labute approximate surface area is 145 Å². The van der Waals surface area contributed by atoms with Crippen LogP contribution in [0.3, 0.4) is 0 Å². The first kappa shape index (κ1) is 16.6. The highest BCUT2D eigenvalue weighted by molar-refractivity contribution is 5.94. The molecule has 2 heterocycles. The minimum absolute atomic E-state index is 0.155. The van der Waals surface area contributed by atoms with E-state index in [-0.39, 0.29) is 24.8 Å². The lowest BCUT2D eigenvalue weighted by Gasteiger charge is -2.07. The van der Waals surface area contributed by atoms with Crippen LogP contribution in [0.25, 0.3) is 5.65 Å². The summed E-state index contributed by atoms with van der Waals surface area (Å²) in [7, 11) is 0. The van der Waals surface area contributed by atoms with Crippen molar-refractivity contribution in [1.82, 2.24) is 19.9 Å². The number of nitrogens with one attached hydrogen (secondary N) is 2. The molecule has 7 nitrogen and oxygen atoms in total. The maximum absolute atomic E-state index is 12.3. The lowest BCUT2D eigenvalue weighted by molar-refractivity contribution is -0.116. The van der Waals surface area contributed by atoms with Crippen LogP contribution >= 0.6 is 0 Å². The average Bonchev–Trinajstić information content (AvgIpc) is 2.96. The Morgan fingerprint density at radius 3 is 2.64 bits per heavy atom. The Morgan fingerprint density at radius 1 is 1.12 bits per heavy atom. The number of hydrogen-bond donors (Lipinski definition) is 2. The van der Waals surface area contributed by atoms with Gasteiger partial charge in [0, 0.05) is 30.4 Å². The van der Waals surface area contributed by atoms with Crippen LogP contribution in [-0.4, -0.2) is 33.0 Å². The summed E-state index contributed by atoms with van der Waals surface area (Å²) in [5, 5.41) is 9.80. The van der Waals surface area contributed by atoms with E-state index in [0.717, 1.165) is 17.1 Å². The van der Waals surface area contributed by atoms with Crippen molar-refractivity contribution in [2.75, 3.05) is 11.9 Å². The van der Waals surface area contributed by atoms with Gasteiger partial charge in [-0.2, -0.15) is 5.10 Å². The number of nitrogens with zero attached hydrogens (tertiary/aromatic N) is 3. The Bertz CT molecular complexity index is 918. The maximum atomic E-state index is 12.3. The molecular weight excluding hydrogens is 318 g/mol. The van der Waals surface area contributed by atoms with Gasteiger partial charge in [-0.25, -0.2) is 9.50 Å². The van der Waals surface area contributed by atoms with Crippen LogP contribution in [0.5, 0.6) is 0 Å². The van der Waals surface area contributed by atoms with E-state index in [2.05, 4.69) is 20.7 Å². The third-order valence-electron chi connectivity index (χ3n) is 3.66. The number of aryl methyl sites for hydroxylation is 2. The molecule has 3 aromatic rings. The smallest absolute Gasteiger partial charge is 0.270 e. The molecule has 7 heteroatoms. The highest BCUT2D eigenvalue weighted by atomic mass is 16.2. The Hall–Kier alpha value is -3.22. The number of rotatable bonds is 5. The molecule has 0 radical (unpaired) electrons. The summed E-state index contributed by atoms with van der Waals surface area (Å²) in [5.74, 6) is -0.463. The maximum Gasteiger partial charge on any atom is 0.270 e. The summed E-state index contributed by atoms with van der Waals surface area (Å²) >= 11 is 0. The SMILES string of the molecule is Cc1cc2nc(C(=O)NCCC(=O)Nc3ccccc3)cc(C)n2n1. The lowest BCUT2D eigenvalue weighted by Crippen LogP contribution is -2.28. The Morgan fingerprint density at radius 2 is 1.88 bits per heavy atom. The van der Waals surface area contributed by atoms with Crippen LogP contribution in [-0.2, 0) is 4.79 Å². The standard InChI is InChI=1S/C18H19N5O2/c1-12-10-16-21-15(11-13(2)23(16)22-12)18(25)19-9-8-17(24)20-14-6-4-3-5-7-14/h3-7,10-11H,8-9H2,1-2H3,(H,19,25)(H,20,24). The third kappa shape index (κ3) is 4.00. The van der Waals surface area contributed by atoms with Crippen molar-refractivity contribution in [1.29, 1.82) is 0 Å². The molecule has 0 bridgehead atoms. The van der Waals surface area contributed by atoms with Crippen molar-refractivity contribution < 1.29 is 9.59 Å². The molecule has 128 valence electrons. The van der Waals surface area contributed by atoms with Crippen molar-refractivity contribution in [3.05, 3.63) is 59.5 Å². The minimum atomic E-state index is -0.308. The zero-order valence-corrected chi connectivity index (χ0v) is 14.1. The molecule has 25 heavy (non-hydrogen) atoms. The fraction of sp³-hybridized carbons (Fsp3) is 0.222. The van der Waals surface area contributed by atoms with Gasteiger partial charge in [-0.3, -0.25) is 9.59 Å². The second kappa shape index (κ2) is 7.12. The molecule has 0 unspecified atom stereocenters.